The fourth-order valence-electron chi connectivity index (χ4n) is 2.48. The highest BCUT2D eigenvalue weighted by molar-refractivity contribution is 5.78. The van der Waals surface area contributed by atoms with Gasteiger partial charge in [0.1, 0.15) is 12.2 Å². The van der Waals surface area contributed by atoms with Crippen molar-refractivity contribution in [3.63, 3.8) is 0 Å². The van der Waals surface area contributed by atoms with E-state index < -0.39 is 11.9 Å². The molecule has 0 spiro atoms. The average Bonchev–Trinajstić information content (AvgIpc) is 2.67. The van der Waals surface area contributed by atoms with E-state index in [1.807, 2.05) is 0 Å². The van der Waals surface area contributed by atoms with Gasteiger partial charge >= 0.3 is 17.9 Å². The molecule has 0 N–H and O–H groups in total. The van der Waals surface area contributed by atoms with Crippen LogP contribution in [0.3, 0.4) is 0 Å². The maximum atomic E-state index is 11.6. The molecule has 6 heteroatoms. The zero-order valence-corrected chi connectivity index (χ0v) is 10.9. The van der Waals surface area contributed by atoms with Crippen LogP contribution in [0.25, 0.3) is 0 Å². The van der Waals surface area contributed by atoms with Crippen LogP contribution in [-0.2, 0) is 28.6 Å². The summed E-state index contributed by atoms with van der Waals surface area (Å²) < 4.78 is 15.2. The first-order chi connectivity index (χ1) is 9.10. The molecule has 0 aromatic carbocycles. The summed E-state index contributed by atoms with van der Waals surface area (Å²) in [4.78, 5) is 34.1. The summed E-state index contributed by atoms with van der Waals surface area (Å²) in [6.07, 6.45) is 1.33. The molecule has 2 rings (SSSR count). The van der Waals surface area contributed by atoms with Crippen LogP contribution in [0.2, 0.25) is 0 Å². The molecule has 3 unspecified atom stereocenters. The van der Waals surface area contributed by atoms with Gasteiger partial charge in [0, 0.05) is 6.42 Å². The molecule has 1 heterocycles. The largest absolute Gasteiger partial charge is 0.466 e. The van der Waals surface area contributed by atoms with Gasteiger partial charge in [-0.15, -0.1) is 0 Å². The van der Waals surface area contributed by atoms with Gasteiger partial charge in [-0.3, -0.25) is 14.4 Å². The van der Waals surface area contributed by atoms with Gasteiger partial charge in [-0.2, -0.15) is 0 Å². The van der Waals surface area contributed by atoms with E-state index in [2.05, 4.69) is 0 Å². The minimum Gasteiger partial charge on any atom is -0.466 e. The molecule has 1 saturated heterocycles. The Bertz CT molecular complexity index is 377. The van der Waals surface area contributed by atoms with Crippen molar-refractivity contribution in [3.05, 3.63) is 0 Å². The van der Waals surface area contributed by atoms with E-state index >= 15 is 0 Å². The lowest BCUT2D eigenvalue weighted by Gasteiger charge is -2.25. The summed E-state index contributed by atoms with van der Waals surface area (Å²) in [7, 11) is 0. The third-order valence-electron chi connectivity index (χ3n) is 3.45. The number of fused-ring (bicyclic) bond motifs is 2. The zero-order valence-electron chi connectivity index (χ0n) is 10.9. The van der Waals surface area contributed by atoms with Gasteiger partial charge in [0.05, 0.1) is 25.4 Å². The van der Waals surface area contributed by atoms with Crippen LogP contribution in [0.1, 0.15) is 39.0 Å². The van der Waals surface area contributed by atoms with Crippen molar-refractivity contribution in [2.45, 2.75) is 51.2 Å². The fraction of sp³-hybridized carbons (Fsp3) is 0.769. The van der Waals surface area contributed by atoms with E-state index in [9.17, 15) is 14.4 Å². The molecule has 0 radical (unpaired) electrons. The number of esters is 3. The van der Waals surface area contributed by atoms with Crippen molar-refractivity contribution < 1.29 is 28.6 Å². The number of hydrogen-bond acceptors (Lipinski definition) is 6. The van der Waals surface area contributed by atoms with E-state index in [0.29, 0.717) is 25.9 Å². The standard InChI is InChI=1S/C13H18O6/c1-2-17-11(14)5-6-12(15)18-9-4-3-8-7-10(9)19-13(8)16/h8-10H,2-7H2,1H3. The Morgan fingerprint density at radius 2 is 2.00 bits per heavy atom. The monoisotopic (exact) mass is 270 g/mol. The minimum atomic E-state index is -0.445. The van der Waals surface area contributed by atoms with E-state index in [1.165, 1.54) is 0 Å². The molecule has 6 nitrogen and oxygen atoms in total. The first-order valence-electron chi connectivity index (χ1n) is 6.65. The van der Waals surface area contributed by atoms with E-state index in [-0.39, 0.29) is 36.9 Å². The average molecular weight is 270 g/mol. The van der Waals surface area contributed by atoms with Crippen molar-refractivity contribution in [3.8, 4) is 0 Å². The lowest BCUT2D eigenvalue weighted by atomic mass is 9.88. The number of ether oxygens (including phenoxy) is 3. The molecule has 1 saturated carbocycles. The summed E-state index contributed by atoms with van der Waals surface area (Å²) >= 11 is 0. The zero-order chi connectivity index (χ0) is 13.8. The molecule has 0 aromatic heterocycles. The van der Waals surface area contributed by atoms with Gasteiger partial charge in [0.25, 0.3) is 0 Å². The fourth-order valence-corrected chi connectivity index (χ4v) is 2.48. The van der Waals surface area contributed by atoms with Gasteiger partial charge in [-0.1, -0.05) is 0 Å². The van der Waals surface area contributed by atoms with Crippen molar-refractivity contribution in [1.29, 1.82) is 0 Å². The van der Waals surface area contributed by atoms with Crippen LogP contribution < -0.4 is 0 Å². The molecule has 106 valence electrons. The molecule has 3 atom stereocenters. The second-order valence-electron chi connectivity index (χ2n) is 4.82. The molecule has 19 heavy (non-hydrogen) atoms. The molecule has 1 aliphatic carbocycles. The van der Waals surface area contributed by atoms with Crippen molar-refractivity contribution in [1.82, 2.24) is 0 Å². The third kappa shape index (κ3) is 3.45. The Morgan fingerprint density at radius 1 is 1.26 bits per heavy atom. The Balaban J connectivity index is 1.74. The van der Waals surface area contributed by atoms with E-state index in [0.717, 1.165) is 0 Å². The summed E-state index contributed by atoms with van der Waals surface area (Å²) in [5, 5.41) is 0. The van der Waals surface area contributed by atoms with E-state index in [1.54, 1.807) is 6.92 Å². The Hall–Kier alpha value is -1.59. The Morgan fingerprint density at radius 3 is 2.74 bits per heavy atom. The molecule has 0 amide bonds. The normalized spacial score (nSPS) is 28.7. The highest BCUT2D eigenvalue weighted by Crippen LogP contribution is 2.35. The summed E-state index contributed by atoms with van der Waals surface area (Å²) in [5.74, 6) is -1.07. The molecule has 2 bridgehead atoms. The van der Waals surface area contributed by atoms with Crippen molar-refractivity contribution in [2.75, 3.05) is 6.61 Å². The SMILES string of the molecule is CCOC(=O)CCC(=O)OC1CCC2CC1OC2=O. The summed E-state index contributed by atoms with van der Waals surface area (Å²) in [6, 6.07) is 0. The van der Waals surface area contributed by atoms with Crippen LogP contribution in [0.5, 0.6) is 0 Å². The van der Waals surface area contributed by atoms with E-state index in [4.69, 9.17) is 14.2 Å². The molecule has 2 fully saturated rings. The van der Waals surface area contributed by atoms with Gasteiger partial charge in [0.15, 0.2) is 0 Å². The minimum absolute atomic E-state index is 0.000567. The van der Waals surface area contributed by atoms with Gasteiger partial charge in [-0.25, -0.2) is 0 Å². The molecule has 2 aliphatic rings. The molecular weight excluding hydrogens is 252 g/mol. The first-order valence-corrected chi connectivity index (χ1v) is 6.65. The lowest BCUT2D eigenvalue weighted by Crippen LogP contribution is -2.33. The number of carbonyl (C=O) groups is 3. The van der Waals surface area contributed by atoms with Crippen LogP contribution in [0.4, 0.5) is 0 Å². The maximum Gasteiger partial charge on any atom is 0.309 e. The Labute approximate surface area is 111 Å². The molecular formula is C13H18O6. The molecule has 0 aromatic rings. The maximum absolute atomic E-state index is 11.6. The second kappa shape index (κ2) is 6.04. The third-order valence-corrected chi connectivity index (χ3v) is 3.45. The van der Waals surface area contributed by atoms with Gasteiger partial charge in [-0.05, 0) is 19.8 Å². The topological polar surface area (TPSA) is 78.9 Å². The van der Waals surface area contributed by atoms with Crippen LogP contribution in [0, 0.1) is 5.92 Å². The number of carbonyl (C=O) groups excluding carboxylic acids is 3. The van der Waals surface area contributed by atoms with Gasteiger partial charge < -0.3 is 14.2 Å². The van der Waals surface area contributed by atoms with Crippen LogP contribution in [0.15, 0.2) is 0 Å². The smallest absolute Gasteiger partial charge is 0.309 e. The van der Waals surface area contributed by atoms with Crippen molar-refractivity contribution >= 4 is 17.9 Å². The number of rotatable bonds is 5. The predicted octanol–water partition coefficient (Wildman–Crippen LogP) is 0.967. The summed E-state index contributed by atoms with van der Waals surface area (Å²) in [6.45, 7) is 2.01. The Kier molecular flexibility index (Phi) is 4.39. The van der Waals surface area contributed by atoms with Crippen LogP contribution >= 0.6 is 0 Å². The summed E-state index contributed by atoms with van der Waals surface area (Å²) in [5.41, 5.74) is 0. The lowest BCUT2D eigenvalue weighted by molar-refractivity contribution is -0.162. The quantitative estimate of drug-likeness (QED) is 0.547. The molecule has 1 aliphatic heterocycles. The van der Waals surface area contributed by atoms with Crippen molar-refractivity contribution in [2.24, 2.45) is 5.92 Å². The second-order valence-corrected chi connectivity index (χ2v) is 4.82. The predicted molar refractivity (Wildman–Crippen MR) is 63.0 cm³/mol. The highest BCUT2D eigenvalue weighted by atomic mass is 16.6. The highest BCUT2D eigenvalue weighted by Gasteiger charge is 2.44. The number of hydrogen-bond donors (Lipinski definition) is 0. The first kappa shape index (κ1) is 13.8. The van der Waals surface area contributed by atoms with Crippen LogP contribution in [-0.4, -0.2) is 36.7 Å². The van der Waals surface area contributed by atoms with Gasteiger partial charge in [0.2, 0.25) is 0 Å².